The topological polar surface area (TPSA) is 83.9 Å². The maximum atomic E-state index is 13.8. The maximum Gasteiger partial charge on any atom is 0.308 e. The molecule has 2 bridgehead atoms. The highest BCUT2D eigenvalue weighted by Gasteiger charge is 2.72. The smallest absolute Gasteiger partial charge is 0.308 e. The zero-order chi connectivity index (χ0) is 24.4. The van der Waals surface area contributed by atoms with Gasteiger partial charge in [0.25, 0.3) is 0 Å². The lowest BCUT2D eigenvalue weighted by Gasteiger charge is -2.48. The molecule has 0 amide bonds. The van der Waals surface area contributed by atoms with Crippen LogP contribution in [0.4, 0.5) is 0 Å². The highest BCUT2D eigenvalue weighted by atomic mass is 32.2. The van der Waals surface area contributed by atoms with Gasteiger partial charge in [0.15, 0.2) is 0 Å². The SMILES string of the molecule is CCOC(=O)C[C@@]1(O)C[C@H]2CC[C@]1(CS(=O)(=O)N1CCC3(C=Cc4ccccc43)CC1)C2(C)C. The second-order valence-electron chi connectivity index (χ2n) is 11.5. The first-order valence-electron chi connectivity index (χ1n) is 12.6. The normalized spacial score (nSPS) is 33.4. The molecule has 0 radical (unpaired) electrons. The number of ether oxygens (including phenoxy) is 1. The second kappa shape index (κ2) is 7.90. The first-order chi connectivity index (χ1) is 16.0. The number of carbonyl (C=O) groups excluding carboxylic acids is 1. The molecule has 1 spiro atoms. The predicted molar refractivity (Wildman–Crippen MR) is 132 cm³/mol. The van der Waals surface area contributed by atoms with Crippen LogP contribution in [-0.4, -0.2) is 54.8 Å². The Hall–Kier alpha value is -1.70. The van der Waals surface area contributed by atoms with Gasteiger partial charge in [0.2, 0.25) is 10.0 Å². The van der Waals surface area contributed by atoms with E-state index in [1.54, 1.807) is 11.2 Å². The summed E-state index contributed by atoms with van der Waals surface area (Å²) in [4.78, 5) is 12.4. The van der Waals surface area contributed by atoms with Gasteiger partial charge in [-0.15, -0.1) is 0 Å². The molecular weight excluding hydrogens is 450 g/mol. The van der Waals surface area contributed by atoms with Gasteiger partial charge in [-0.3, -0.25) is 4.79 Å². The lowest BCUT2D eigenvalue weighted by molar-refractivity contribution is -0.157. The number of allylic oxidation sites excluding steroid dienone is 1. The largest absolute Gasteiger partial charge is 0.466 e. The Labute approximate surface area is 203 Å². The molecule has 4 aliphatic rings. The lowest BCUT2D eigenvalue weighted by atomic mass is 9.63. The summed E-state index contributed by atoms with van der Waals surface area (Å²) in [6, 6.07) is 8.37. The van der Waals surface area contributed by atoms with Crippen LogP contribution in [0.5, 0.6) is 0 Å². The Morgan fingerprint density at radius 3 is 2.56 bits per heavy atom. The molecule has 0 unspecified atom stereocenters. The van der Waals surface area contributed by atoms with Gasteiger partial charge in [-0.1, -0.05) is 50.3 Å². The molecule has 7 heteroatoms. The molecule has 6 nitrogen and oxygen atoms in total. The molecule has 2 saturated carbocycles. The monoisotopic (exact) mass is 487 g/mol. The average Bonchev–Trinajstić information content (AvgIpc) is 3.30. The molecule has 5 rings (SSSR count). The van der Waals surface area contributed by atoms with Crippen LogP contribution in [-0.2, 0) is 25.0 Å². The highest BCUT2D eigenvalue weighted by molar-refractivity contribution is 7.89. The molecule has 186 valence electrons. The van der Waals surface area contributed by atoms with Gasteiger partial charge in [0.05, 0.1) is 24.4 Å². The van der Waals surface area contributed by atoms with Crippen molar-refractivity contribution in [3.63, 3.8) is 0 Å². The van der Waals surface area contributed by atoms with E-state index in [1.807, 2.05) is 6.07 Å². The first kappa shape index (κ1) is 24.0. The zero-order valence-corrected chi connectivity index (χ0v) is 21.4. The molecule has 3 fully saturated rings. The summed E-state index contributed by atoms with van der Waals surface area (Å²) in [5, 5.41) is 11.8. The summed E-state index contributed by atoms with van der Waals surface area (Å²) in [5.74, 6) is -0.359. The number of carbonyl (C=O) groups is 1. The number of nitrogens with zero attached hydrogens (tertiary/aromatic N) is 1. The number of hydrogen-bond acceptors (Lipinski definition) is 5. The van der Waals surface area contributed by atoms with E-state index in [-0.39, 0.29) is 35.5 Å². The number of fused-ring (bicyclic) bond motifs is 4. The molecular formula is C27H37NO5S. The van der Waals surface area contributed by atoms with Crippen LogP contribution in [0.3, 0.4) is 0 Å². The van der Waals surface area contributed by atoms with Gasteiger partial charge in [-0.2, -0.15) is 0 Å². The molecule has 1 N–H and O–H groups in total. The minimum atomic E-state index is -3.63. The van der Waals surface area contributed by atoms with E-state index in [2.05, 4.69) is 44.2 Å². The minimum Gasteiger partial charge on any atom is -0.466 e. The van der Waals surface area contributed by atoms with Crippen LogP contribution in [0.2, 0.25) is 0 Å². The Balaban J connectivity index is 1.38. The Kier molecular flexibility index (Phi) is 5.58. The Morgan fingerprint density at radius 1 is 1.18 bits per heavy atom. The summed E-state index contributed by atoms with van der Waals surface area (Å²) < 4.78 is 34.5. The van der Waals surface area contributed by atoms with Gasteiger partial charge in [0.1, 0.15) is 0 Å². The summed E-state index contributed by atoms with van der Waals surface area (Å²) in [6.45, 7) is 7.09. The molecule has 1 heterocycles. The molecule has 3 atom stereocenters. The van der Waals surface area contributed by atoms with E-state index in [4.69, 9.17) is 4.74 Å². The van der Waals surface area contributed by atoms with Crippen LogP contribution in [0.25, 0.3) is 6.08 Å². The number of esters is 1. The third-order valence-corrected chi connectivity index (χ3v) is 11.9. The van der Waals surface area contributed by atoms with E-state index in [0.717, 1.165) is 19.3 Å². The van der Waals surface area contributed by atoms with Crippen LogP contribution >= 0.6 is 0 Å². The minimum absolute atomic E-state index is 0.0867. The maximum absolute atomic E-state index is 13.8. The third kappa shape index (κ3) is 3.34. The quantitative estimate of drug-likeness (QED) is 0.616. The van der Waals surface area contributed by atoms with Crippen molar-refractivity contribution in [2.75, 3.05) is 25.4 Å². The Bertz CT molecular complexity index is 1120. The van der Waals surface area contributed by atoms with Crippen molar-refractivity contribution in [1.29, 1.82) is 0 Å². The van der Waals surface area contributed by atoms with E-state index in [9.17, 15) is 18.3 Å². The van der Waals surface area contributed by atoms with Crippen molar-refractivity contribution in [3.05, 3.63) is 41.5 Å². The first-order valence-corrected chi connectivity index (χ1v) is 14.2. The number of sulfonamides is 1. The summed E-state index contributed by atoms with van der Waals surface area (Å²) in [5.41, 5.74) is -0.146. The number of hydrogen-bond donors (Lipinski definition) is 1. The summed E-state index contributed by atoms with van der Waals surface area (Å²) >= 11 is 0. The van der Waals surface area contributed by atoms with Crippen molar-refractivity contribution in [2.45, 2.75) is 70.3 Å². The molecule has 1 saturated heterocycles. The van der Waals surface area contributed by atoms with Crippen LogP contribution < -0.4 is 0 Å². The molecule has 0 aromatic heterocycles. The molecule has 3 aliphatic carbocycles. The average molecular weight is 488 g/mol. The van der Waals surface area contributed by atoms with Gasteiger partial charge in [-0.05, 0) is 61.5 Å². The van der Waals surface area contributed by atoms with Crippen LogP contribution in [0.1, 0.15) is 70.4 Å². The van der Waals surface area contributed by atoms with Crippen molar-refractivity contribution in [1.82, 2.24) is 4.31 Å². The number of piperidine rings is 1. The highest BCUT2D eigenvalue weighted by Crippen LogP contribution is 2.71. The fraction of sp³-hybridized carbons (Fsp3) is 0.667. The van der Waals surface area contributed by atoms with E-state index in [0.29, 0.717) is 25.9 Å². The Morgan fingerprint density at radius 2 is 1.88 bits per heavy atom. The van der Waals surface area contributed by atoms with Gasteiger partial charge in [-0.25, -0.2) is 12.7 Å². The second-order valence-corrected chi connectivity index (χ2v) is 13.5. The molecule has 1 aliphatic heterocycles. The number of aliphatic hydroxyl groups is 1. The van der Waals surface area contributed by atoms with Gasteiger partial charge < -0.3 is 9.84 Å². The molecule has 34 heavy (non-hydrogen) atoms. The number of rotatable bonds is 6. The summed E-state index contributed by atoms with van der Waals surface area (Å²) in [6.07, 6.45) is 7.75. The van der Waals surface area contributed by atoms with Crippen LogP contribution in [0, 0.1) is 16.7 Å². The molecule has 1 aromatic carbocycles. The van der Waals surface area contributed by atoms with E-state index in [1.165, 1.54) is 11.1 Å². The lowest BCUT2D eigenvalue weighted by Crippen LogP contribution is -2.57. The van der Waals surface area contributed by atoms with E-state index >= 15 is 0 Å². The third-order valence-electron chi connectivity index (χ3n) is 9.91. The fourth-order valence-electron chi connectivity index (χ4n) is 7.81. The van der Waals surface area contributed by atoms with Crippen LogP contribution in [0.15, 0.2) is 30.3 Å². The van der Waals surface area contributed by atoms with Crippen molar-refractivity contribution < 1.29 is 23.1 Å². The summed E-state index contributed by atoms with van der Waals surface area (Å²) in [7, 11) is -3.63. The van der Waals surface area contributed by atoms with Crippen molar-refractivity contribution >= 4 is 22.1 Å². The molecule has 1 aromatic rings. The van der Waals surface area contributed by atoms with Gasteiger partial charge in [0, 0.05) is 23.9 Å². The van der Waals surface area contributed by atoms with Crippen molar-refractivity contribution in [2.24, 2.45) is 16.7 Å². The number of benzene rings is 1. The van der Waals surface area contributed by atoms with Crippen molar-refractivity contribution in [3.8, 4) is 0 Å². The van der Waals surface area contributed by atoms with E-state index < -0.39 is 27.0 Å². The standard InChI is InChI=1S/C27H37NO5S/c1-4-33-23(29)18-27(30)17-21-10-12-26(27,24(21,2)3)19-34(31,32)28-15-13-25(14-16-28)11-9-20-7-5-6-8-22(20)25/h5-9,11,21,30H,4,10,12-19H2,1-3H3/t21-,26+,27+/m1/s1. The fourth-order valence-corrected chi connectivity index (χ4v) is 10.1. The van der Waals surface area contributed by atoms with Gasteiger partial charge >= 0.3 is 5.97 Å². The zero-order valence-electron chi connectivity index (χ0n) is 20.5. The predicted octanol–water partition coefficient (Wildman–Crippen LogP) is 3.89.